The molecule has 0 atom stereocenters. The molecule has 0 saturated heterocycles. The van der Waals surface area contributed by atoms with Crippen molar-refractivity contribution in [3.63, 3.8) is 0 Å². The molecule has 0 spiro atoms. The summed E-state index contributed by atoms with van der Waals surface area (Å²) in [4.78, 5) is 40.0. The van der Waals surface area contributed by atoms with Gasteiger partial charge in [0.05, 0.1) is 24.1 Å². The van der Waals surface area contributed by atoms with E-state index in [1.54, 1.807) is 37.4 Å². The first-order valence-corrected chi connectivity index (χ1v) is 13.1. The van der Waals surface area contributed by atoms with Crippen LogP contribution in [0.15, 0.2) is 83.9 Å². The van der Waals surface area contributed by atoms with Crippen molar-refractivity contribution in [2.24, 2.45) is 0 Å². The smallest absolute Gasteiger partial charge is 0.322 e. The van der Waals surface area contributed by atoms with Gasteiger partial charge in [-0.15, -0.1) is 0 Å². The first-order chi connectivity index (χ1) is 19.8. The molecule has 1 aromatic heterocycles. The van der Waals surface area contributed by atoms with E-state index in [1.807, 2.05) is 12.1 Å². The zero-order chi connectivity index (χ0) is 29.4. The van der Waals surface area contributed by atoms with E-state index in [2.05, 4.69) is 21.7 Å². The number of carbonyl (C=O) groups is 3. The predicted molar refractivity (Wildman–Crippen MR) is 152 cm³/mol. The molecule has 2 amide bonds. The highest BCUT2D eigenvalue weighted by atomic mass is 32.2. The van der Waals surface area contributed by atoms with E-state index in [0.29, 0.717) is 33.3 Å². The van der Waals surface area contributed by atoms with E-state index in [1.165, 1.54) is 36.4 Å². The number of benzene rings is 3. The van der Waals surface area contributed by atoms with Crippen molar-refractivity contribution < 1.29 is 28.6 Å². The van der Waals surface area contributed by atoms with Crippen LogP contribution in [0.25, 0.3) is 22.4 Å². The first-order valence-electron chi connectivity index (χ1n) is 12.2. The van der Waals surface area contributed by atoms with Gasteiger partial charge in [0.15, 0.2) is 0 Å². The summed E-state index contributed by atoms with van der Waals surface area (Å²) >= 11 is 1.06. The minimum absolute atomic E-state index is 0.0861. The highest BCUT2D eigenvalue weighted by Gasteiger charge is 2.18. The number of thioether (sulfide) groups is 1. The Balaban J connectivity index is 1.56. The molecule has 0 bridgehead atoms. The van der Waals surface area contributed by atoms with Gasteiger partial charge in [0.2, 0.25) is 5.91 Å². The Morgan fingerprint density at radius 2 is 1.76 bits per heavy atom. The van der Waals surface area contributed by atoms with Gasteiger partial charge in [0.1, 0.15) is 29.2 Å². The van der Waals surface area contributed by atoms with Crippen LogP contribution in [0.4, 0.5) is 10.1 Å². The first kappa shape index (κ1) is 28.8. The number of pyridine rings is 1. The third-order valence-electron chi connectivity index (χ3n) is 5.79. The Kier molecular flexibility index (Phi) is 9.29. The number of halogens is 1. The number of nitriles is 1. The van der Waals surface area contributed by atoms with E-state index in [4.69, 9.17) is 9.84 Å². The average molecular weight is 571 g/mol. The van der Waals surface area contributed by atoms with Gasteiger partial charge < -0.3 is 20.5 Å². The number of hydrogen-bond acceptors (Lipinski definition) is 7. The molecule has 0 aliphatic carbocycles. The summed E-state index contributed by atoms with van der Waals surface area (Å²) in [5, 5.41) is 24.0. The van der Waals surface area contributed by atoms with Crippen LogP contribution >= 0.6 is 11.8 Å². The van der Waals surface area contributed by atoms with Crippen molar-refractivity contribution in [1.29, 1.82) is 5.26 Å². The van der Waals surface area contributed by atoms with Gasteiger partial charge in [-0.05, 0) is 72.3 Å². The summed E-state index contributed by atoms with van der Waals surface area (Å²) in [5.74, 6) is -1.97. The molecule has 41 heavy (non-hydrogen) atoms. The second kappa shape index (κ2) is 13.2. The number of anilines is 1. The molecule has 1 heterocycles. The van der Waals surface area contributed by atoms with E-state index in [9.17, 15) is 24.0 Å². The van der Waals surface area contributed by atoms with Crippen molar-refractivity contribution in [3.8, 4) is 34.2 Å². The molecule has 0 fully saturated rings. The van der Waals surface area contributed by atoms with Crippen LogP contribution in [0.2, 0.25) is 0 Å². The van der Waals surface area contributed by atoms with Gasteiger partial charge in [0.25, 0.3) is 5.91 Å². The number of amides is 2. The molecular weight excluding hydrogens is 547 g/mol. The minimum atomic E-state index is -1.16. The Morgan fingerprint density at radius 3 is 2.39 bits per heavy atom. The lowest BCUT2D eigenvalue weighted by atomic mass is 9.99. The number of rotatable bonds is 10. The lowest BCUT2D eigenvalue weighted by molar-refractivity contribution is -0.135. The number of nitrogens with one attached hydrogen (secondary N) is 2. The number of hydrogen-bond donors (Lipinski definition) is 3. The third-order valence-corrected chi connectivity index (χ3v) is 6.77. The summed E-state index contributed by atoms with van der Waals surface area (Å²) in [6.07, 6.45) is 0. The maximum absolute atomic E-state index is 14.1. The lowest BCUT2D eigenvalue weighted by Gasteiger charge is -2.13. The maximum Gasteiger partial charge on any atom is 0.322 e. The zero-order valence-electron chi connectivity index (χ0n) is 21.7. The second-order valence-corrected chi connectivity index (χ2v) is 9.54. The largest absolute Gasteiger partial charge is 0.497 e. The fourth-order valence-corrected chi connectivity index (χ4v) is 4.62. The molecule has 0 aliphatic heterocycles. The second-order valence-electron chi connectivity index (χ2n) is 8.58. The fourth-order valence-electron chi connectivity index (χ4n) is 3.82. The number of carboxylic acids is 1. The molecule has 9 nitrogen and oxygen atoms in total. The Hall–Kier alpha value is -5.21. The van der Waals surface area contributed by atoms with Crippen molar-refractivity contribution in [2.75, 3.05) is 24.7 Å². The summed E-state index contributed by atoms with van der Waals surface area (Å²) < 4.78 is 19.3. The molecule has 0 unspecified atom stereocenters. The van der Waals surface area contributed by atoms with E-state index in [-0.39, 0.29) is 22.8 Å². The average Bonchev–Trinajstić information content (AvgIpc) is 2.98. The van der Waals surface area contributed by atoms with Gasteiger partial charge >= 0.3 is 5.97 Å². The summed E-state index contributed by atoms with van der Waals surface area (Å²) in [6, 6.07) is 22.9. The SMILES string of the molecule is COc1ccc(-c2cc(-c3cccc(F)c3)c(C#N)c(SCC(=O)Nc3ccc(C(=O)NCC(=O)O)cc3)n2)cc1. The van der Waals surface area contributed by atoms with E-state index >= 15 is 0 Å². The van der Waals surface area contributed by atoms with Crippen molar-refractivity contribution in [2.45, 2.75) is 5.03 Å². The van der Waals surface area contributed by atoms with Gasteiger partial charge in [-0.3, -0.25) is 14.4 Å². The highest BCUT2D eigenvalue weighted by molar-refractivity contribution is 8.00. The van der Waals surface area contributed by atoms with Crippen LogP contribution in [0.5, 0.6) is 5.75 Å². The molecule has 4 rings (SSSR count). The summed E-state index contributed by atoms with van der Waals surface area (Å²) in [5.41, 5.74) is 3.12. The van der Waals surface area contributed by atoms with Crippen molar-refractivity contribution >= 4 is 35.2 Å². The fraction of sp³-hybridized carbons (Fsp3) is 0.100. The Bertz CT molecular complexity index is 1640. The van der Waals surface area contributed by atoms with E-state index in [0.717, 1.165) is 17.3 Å². The zero-order valence-corrected chi connectivity index (χ0v) is 22.5. The number of methoxy groups -OCH3 is 1. The molecule has 11 heteroatoms. The molecule has 0 saturated carbocycles. The van der Waals surface area contributed by atoms with Crippen LogP contribution in [0.1, 0.15) is 15.9 Å². The van der Waals surface area contributed by atoms with Crippen LogP contribution in [0.3, 0.4) is 0 Å². The minimum Gasteiger partial charge on any atom is -0.497 e. The molecule has 3 N–H and O–H groups in total. The lowest BCUT2D eigenvalue weighted by Crippen LogP contribution is -2.29. The monoisotopic (exact) mass is 570 g/mol. The number of carbonyl (C=O) groups excluding carboxylic acids is 2. The number of ether oxygens (including phenoxy) is 1. The van der Waals surface area contributed by atoms with Crippen LogP contribution in [-0.4, -0.2) is 47.3 Å². The topological polar surface area (TPSA) is 141 Å². The standard InChI is InChI=1S/C30H23FN4O5S/c1-40-23-11-7-18(8-12-23)26-14-24(20-3-2-4-21(31)13-20)25(15-32)30(35-26)41-17-27(36)34-22-9-5-19(6-10-22)29(39)33-16-28(37)38/h2-14H,16-17H2,1H3,(H,33,39)(H,34,36)(H,37,38). The normalized spacial score (nSPS) is 10.4. The Labute approximate surface area is 239 Å². The Morgan fingerprint density at radius 1 is 1.02 bits per heavy atom. The van der Waals surface area contributed by atoms with Crippen molar-refractivity contribution in [3.05, 3.63) is 95.8 Å². The summed E-state index contributed by atoms with van der Waals surface area (Å²) in [6.45, 7) is -0.506. The molecule has 206 valence electrons. The van der Waals surface area contributed by atoms with Crippen LogP contribution < -0.4 is 15.4 Å². The quantitative estimate of drug-likeness (QED) is 0.227. The third kappa shape index (κ3) is 7.46. The highest BCUT2D eigenvalue weighted by Crippen LogP contribution is 2.35. The molecule has 4 aromatic rings. The number of carboxylic acid groups (broad SMARTS) is 1. The van der Waals surface area contributed by atoms with Gasteiger partial charge in [-0.2, -0.15) is 5.26 Å². The maximum atomic E-state index is 14.1. The van der Waals surface area contributed by atoms with Gasteiger partial charge in [0, 0.05) is 22.4 Å². The predicted octanol–water partition coefficient (Wildman–Crippen LogP) is 4.98. The summed E-state index contributed by atoms with van der Waals surface area (Å²) in [7, 11) is 1.56. The van der Waals surface area contributed by atoms with Gasteiger partial charge in [-0.25, -0.2) is 9.37 Å². The molecule has 0 aliphatic rings. The molecular formula is C30H23FN4O5S. The van der Waals surface area contributed by atoms with E-state index < -0.39 is 24.2 Å². The number of aliphatic carboxylic acids is 1. The van der Waals surface area contributed by atoms with Gasteiger partial charge in [-0.1, -0.05) is 23.9 Å². The number of nitrogens with zero attached hydrogens (tertiary/aromatic N) is 2. The molecule has 0 radical (unpaired) electrons. The molecule has 3 aromatic carbocycles. The number of aromatic nitrogens is 1. The van der Waals surface area contributed by atoms with Crippen LogP contribution in [0, 0.1) is 17.1 Å². The van der Waals surface area contributed by atoms with Crippen LogP contribution in [-0.2, 0) is 9.59 Å². The van der Waals surface area contributed by atoms with Crippen molar-refractivity contribution in [1.82, 2.24) is 10.3 Å².